The molecule has 0 unspecified atom stereocenters. The van der Waals surface area contributed by atoms with Gasteiger partial charge in [0, 0.05) is 36.6 Å². The zero-order chi connectivity index (χ0) is 20.9. The number of nitrogens with one attached hydrogen (secondary N) is 2. The van der Waals surface area contributed by atoms with Crippen molar-refractivity contribution in [2.75, 3.05) is 19.5 Å². The average Bonchev–Trinajstić information content (AvgIpc) is 2.79. The molecule has 0 aliphatic carbocycles. The van der Waals surface area contributed by atoms with E-state index in [9.17, 15) is 4.79 Å². The molecule has 2 aromatic heterocycles. The summed E-state index contributed by atoms with van der Waals surface area (Å²) in [5.74, 6) is 2.12. The van der Waals surface area contributed by atoms with Gasteiger partial charge in [0.25, 0.3) is 5.91 Å². The van der Waals surface area contributed by atoms with Crippen LogP contribution in [0, 0.1) is 0 Å². The molecule has 0 atom stereocenters. The van der Waals surface area contributed by atoms with Gasteiger partial charge in [0.1, 0.15) is 22.9 Å². The molecule has 0 aliphatic heterocycles. The van der Waals surface area contributed by atoms with Gasteiger partial charge in [0.05, 0.1) is 12.6 Å². The molecule has 150 valence electrons. The van der Waals surface area contributed by atoms with Crippen LogP contribution in [0.5, 0.6) is 17.2 Å². The zero-order valence-electron chi connectivity index (χ0n) is 16.4. The molecule has 0 spiro atoms. The Labute approximate surface area is 172 Å². The minimum Gasteiger partial charge on any atom is -0.497 e. The molecule has 8 heteroatoms. The summed E-state index contributed by atoms with van der Waals surface area (Å²) in [6.07, 6.45) is 3.25. The standard InChI is InChI=1S/C22H19N5O3/c1-23-21(28)20-12-18(9-10-24-20)30-17-7-8-19-14(11-17)13-25-22(27-19)26-15-3-5-16(29-2)6-4-15/h3-13H,1-2H3,(H,23,28)(H,25,26,27). The lowest BCUT2D eigenvalue weighted by Gasteiger charge is -2.09. The molecule has 4 rings (SSSR count). The number of nitrogens with zero attached hydrogens (tertiary/aromatic N) is 3. The predicted octanol–water partition coefficient (Wildman–Crippen LogP) is 3.93. The molecule has 0 aliphatic rings. The molecular formula is C22H19N5O3. The van der Waals surface area contributed by atoms with Crippen molar-refractivity contribution in [3.63, 3.8) is 0 Å². The fourth-order valence-electron chi connectivity index (χ4n) is 2.80. The van der Waals surface area contributed by atoms with Gasteiger partial charge in [0.2, 0.25) is 5.95 Å². The van der Waals surface area contributed by atoms with Crippen LogP contribution in [0.25, 0.3) is 10.9 Å². The highest BCUT2D eigenvalue weighted by Gasteiger charge is 2.08. The first-order valence-electron chi connectivity index (χ1n) is 9.18. The molecule has 0 radical (unpaired) electrons. The molecule has 4 aromatic rings. The maximum atomic E-state index is 11.7. The highest BCUT2D eigenvalue weighted by Crippen LogP contribution is 2.26. The first-order chi connectivity index (χ1) is 14.6. The van der Waals surface area contributed by atoms with Gasteiger partial charge in [-0.05, 0) is 48.5 Å². The maximum Gasteiger partial charge on any atom is 0.269 e. The van der Waals surface area contributed by atoms with E-state index in [0.29, 0.717) is 17.4 Å². The van der Waals surface area contributed by atoms with Crippen LogP contribution >= 0.6 is 0 Å². The van der Waals surface area contributed by atoms with Crippen molar-refractivity contribution in [2.45, 2.75) is 0 Å². The summed E-state index contributed by atoms with van der Waals surface area (Å²) in [6, 6.07) is 16.3. The van der Waals surface area contributed by atoms with Gasteiger partial charge in [-0.15, -0.1) is 0 Å². The first kappa shape index (κ1) is 19.1. The van der Waals surface area contributed by atoms with E-state index >= 15 is 0 Å². The third-order valence-corrected chi connectivity index (χ3v) is 4.32. The predicted molar refractivity (Wildman–Crippen MR) is 114 cm³/mol. The number of fused-ring (bicyclic) bond motifs is 1. The lowest BCUT2D eigenvalue weighted by molar-refractivity contribution is 0.0958. The van der Waals surface area contributed by atoms with Crippen LogP contribution in [0.4, 0.5) is 11.6 Å². The molecule has 2 heterocycles. The third kappa shape index (κ3) is 4.27. The fraction of sp³-hybridized carbons (Fsp3) is 0.0909. The largest absolute Gasteiger partial charge is 0.497 e. The zero-order valence-corrected chi connectivity index (χ0v) is 16.4. The van der Waals surface area contributed by atoms with Gasteiger partial charge in [-0.25, -0.2) is 9.97 Å². The Morgan fingerprint density at radius 3 is 2.47 bits per heavy atom. The SMILES string of the molecule is CNC(=O)c1cc(Oc2ccc3nc(Nc4ccc(OC)cc4)ncc3c2)ccn1. The van der Waals surface area contributed by atoms with E-state index in [0.717, 1.165) is 22.3 Å². The monoisotopic (exact) mass is 401 g/mol. The molecule has 8 nitrogen and oxygen atoms in total. The lowest BCUT2D eigenvalue weighted by atomic mass is 10.2. The highest BCUT2D eigenvalue weighted by atomic mass is 16.5. The second kappa shape index (κ2) is 8.44. The third-order valence-electron chi connectivity index (χ3n) is 4.32. The number of aromatic nitrogens is 3. The second-order valence-electron chi connectivity index (χ2n) is 6.33. The Kier molecular flexibility index (Phi) is 5.38. The van der Waals surface area contributed by atoms with Crippen LogP contribution in [0.15, 0.2) is 67.0 Å². The Hall–Kier alpha value is -4.20. The molecule has 30 heavy (non-hydrogen) atoms. The molecule has 2 N–H and O–H groups in total. The summed E-state index contributed by atoms with van der Waals surface area (Å²) in [6.45, 7) is 0. The van der Waals surface area contributed by atoms with Gasteiger partial charge in [-0.3, -0.25) is 9.78 Å². The number of anilines is 2. The fourth-order valence-corrected chi connectivity index (χ4v) is 2.80. The van der Waals surface area contributed by atoms with E-state index in [1.807, 2.05) is 42.5 Å². The van der Waals surface area contributed by atoms with E-state index in [-0.39, 0.29) is 11.6 Å². The number of hydrogen-bond acceptors (Lipinski definition) is 7. The van der Waals surface area contributed by atoms with Crippen LogP contribution in [-0.2, 0) is 0 Å². The quantitative estimate of drug-likeness (QED) is 0.505. The van der Waals surface area contributed by atoms with Crippen LogP contribution in [0.3, 0.4) is 0 Å². The molecule has 1 amide bonds. The molecule has 0 fully saturated rings. The van der Waals surface area contributed by atoms with Crippen molar-refractivity contribution in [3.05, 3.63) is 72.7 Å². The summed E-state index contributed by atoms with van der Waals surface area (Å²) in [4.78, 5) is 24.7. The Balaban J connectivity index is 1.52. The van der Waals surface area contributed by atoms with E-state index < -0.39 is 0 Å². The number of ether oxygens (including phenoxy) is 2. The number of methoxy groups -OCH3 is 1. The van der Waals surface area contributed by atoms with Crippen molar-refractivity contribution in [2.24, 2.45) is 0 Å². The average molecular weight is 401 g/mol. The number of carbonyl (C=O) groups excluding carboxylic acids is 1. The molecular weight excluding hydrogens is 382 g/mol. The lowest BCUT2D eigenvalue weighted by Crippen LogP contribution is -2.18. The Bertz CT molecular complexity index is 1190. The normalized spacial score (nSPS) is 10.5. The van der Waals surface area contributed by atoms with Crippen LogP contribution in [-0.4, -0.2) is 35.0 Å². The Morgan fingerprint density at radius 1 is 0.933 bits per heavy atom. The number of benzene rings is 2. The highest BCUT2D eigenvalue weighted by molar-refractivity contribution is 5.92. The molecule has 0 saturated heterocycles. The summed E-state index contributed by atoms with van der Waals surface area (Å²) in [5.41, 5.74) is 1.92. The minimum atomic E-state index is -0.274. The summed E-state index contributed by atoms with van der Waals surface area (Å²) in [5, 5.41) is 6.54. The number of rotatable bonds is 6. The van der Waals surface area contributed by atoms with Crippen LogP contribution in [0.1, 0.15) is 10.5 Å². The maximum absolute atomic E-state index is 11.7. The first-order valence-corrected chi connectivity index (χ1v) is 9.18. The molecule has 0 saturated carbocycles. The van der Waals surface area contributed by atoms with E-state index in [4.69, 9.17) is 9.47 Å². The number of amides is 1. The molecule has 2 aromatic carbocycles. The van der Waals surface area contributed by atoms with Crippen molar-refractivity contribution < 1.29 is 14.3 Å². The van der Waals surface area contributed by atoms with Crippen molar-refractivity contribution in [1.82, 2.24) is 20.3 Å². The Morgan fingerprint density at radius 2 is 1.70 bits per heavy atom. The van der Waals surface area contributed by atoms with Gasteiger partial charge < -0.3 is 20.1 Å². The molecule has 0 bridgehead atoms. The van der Waals surface area contributed by atoms with Gasteiger partial charge in [0.15, 0.2) is 0 Å². The van der Waals surface area contributed by atoms with Gasteiger partial charge in [-0.1, -0.05) is 0 Å². The van der Waals surface area contributed by atoms with Crippen LogP contribution < -0.4 is 20.1 Å². The van der Waals surface area contributed by atoms with Crippen molar-refractivity contribution in [3.8, 4) is 17.2 Å². The second-order valence-corrected chi connectivity index (χ2v) is 6.33. The summed E-state index contributed by atoms with van der Waals surface area (Å²) >= 11 is 0. The van der Waals surface area contributed by atoms with Gasteiger partial charge >= 0.3 is 0 Å². The number of pyridine rings is 1. The van der Waals surface area contributed by atoms with E-state index in [1.165, 1.54) is 6.20 Å². The van der Waals surface area contributed by atoms with Crippen molar-refractivity contribution >= 4 is 28.4 Å². The van der Waals surface area contributed by atoms with Crippen molar-refractivity contribution in [1.29, 1.82) is 0 Å². The minimum absolute atomic E-state index is 0.274. The summed E-state index contributed by atoms with van der Waals surface area (Å²) < 4.78 is 11.0. The van der Waals surface area contributed by atoms with Crippen LogP contribution in [0.2, 0.25) is 0 Å². The smallest absolute Gasteiger partial charge is 0.269 e. The number of carbonyl (C=O) groups is 1. The summed E-state index contributed by atoms with van der Waals surface area (Å²) in [7, 11) is 3.18. The van der Waals surface area contributed by atoms with E-state index in [1.54, 1.807) is 32.5 Å². The number of hydrogen-bond donors (Lipinski definition) is 2. The van der Waals surface area contributed by atoms with Gasteiger partial charge in [-0.2, -0.15) is 0 Å². The topological polar surface area (TPSA) is 98.3 Å². The van der Waals surface area contributed by atoms with E-state index in [2.05, 4.69) is 25.6 Å².